The predicted molar refractivity (Wildman–Crippen MR) is 149 cm³/mol. The molecule has 4 aliphatic rings. The molecule has 1 aromatic rings. The molecule has 4 fully saturated rings. The van der Waals surface area contributed by atoms with E-state index in [1.807, 2.05) is 32.6 Å². The van der Waals surface area contributed by atoms with Gasteiger partial charge in [-0.2, -0.15) is 8.42 Å². The smallest absolute Gasteiger partial charge is 0.410 e. The number of nitrogens with zero attached hydrogens (tertiary/aromatic N) is 1. The summed E-state index contributed by atoms with van der Waals surface area (Å²) in [5, 5.41) is 0. The van der Waals surface area contributed by atoms with Gasteiger partial charge in [0.2, 0.25) is 0 Å². The number of rotatable bonds is 12. The molecule has 0 saturated heterocycles. The van der Waals surface area contributed by atoms with Gasteiger partial charge in [-0.05, 0) is 95.1 Å². The van der Waals surface area contributed by atoms with Crippen molar-refractivity contribution >= 4 is 16.2 Å². The molecule has 1 aromatic carbocycles. The Kier molecular flexibility index (Phi) is 8.77. The predicted octanol–water partition coefficient (Wildman–Crippen LogP) is 5.72. The Labute approximate surface area is 234 Å². The zero-order valence-corrected chi connectivity index (χ0v) is 25.4. The molecule has 0 N–H and O–H groups in total. The standard InChI is InChI=1S/C30H47NO7S/c1-23-7-9-25(10-8-23)39(33,34)37-16-15-36-14-13-35-12-11-31(26(32)38-27(2,3)4)30-19-24-17-28(5,21-30)20-29(6,18-24)22-30/h7-10,24H,11-22H2,1-6H3/t24-,28+,29-,30+. The summed E-state index contributed by atoms with van der Waals surface area (Å²) >= 11 is 0. The van der Waals surface area contributed by atoms with E-state index in [1.54, 1.807) is 12.1 Å². The minimum Gasteiger partial charge on any atom is -0.444 e. The maximum Gasteiger partial charge on any atom is 0.410 e. The quantitative estimate of drug-likeness (QED) is 0.236. The summed E-state index contributed by atoms with van der Waals surface area (Å²) in [6.45, 7) is 14.0. The van der Waals surface area contributed by atoms with Gasteiger partial charge >= 0.3 is 6.09 Å². The van der Waals surface area contributed by atoms with Crippen molar-refractivity contribution in [3.05, 3.63) is 29.8 Å². The Morgan fingerprint density at radius 2 is 1.46 bits per heavy atom. The topological polar surface area (TPSA) is 91.4 Å². The third-order valence-corrected chi connectivity index (χ3v) is 9.72. The fourth-order valence-electron chi connectivity index (χ4n) is 7.98. The van der Waals surface area contributed by atoms with Crippen LogP contribution < -0.4 is 0 Å². The van der Waals surface area contributed by atoms with Crippen molar-refractivity contribution in [2.75, 3.05) is 39.6 Å². The second-order valence-corrected chi connectivity index (χ2v) is 15.4. The monoisotopic (exact) mass is 565 g/mol. The van der Waals surface area contributed by atoms with E-state index in [4.69, 9.17) is 18.4 Å². The molecule has 0 unspecified atom stereocenters. The summed E-state index contributed by atoms with van der Waals surface area (Å²) < 4.78 is 46.8. The summed E-state index contributed by atoms with van der Waals surface area (Å²) in [5.41, 5.74) is 0.796. The second kappa shape index (κ2) is 11.3. The molecule has 220 valence electrons. The lowest BCUT2D eigenvalue weighted by molar-refractivity contribution is -0.159. The van der Waals surface area contributed by atoms with Crippen LogP contribution in [0.1, 0.15) is 78.7 Å². The van der Waals surface area contributed by atoms with Crippen molar-refractivity contribution in [2.24, 2.45) is 16.7 Å². The van der Waals surface area contributed by atoms with Gasteiger partial charge < -0.3 is 19.1 Å². The summed E-state index contributed by atoms with van der Waals surface area (Å²) in [7, 11) is -3.80. The van der Waals surface area contributed by atoms with E-state index in [1.165, 1.54) is 31.4 Å². The van der Waals surface area contributed by atoms with Crippen molar-refractivity contribution in [3.63, 3.8) is 0 Å². The number of ether oxygens (including phenoxy) is 3. The highest BCUT2D eigenvalue weighted by atomic mass is 32.2. The molecule has 1 amide bonds. The Morgan fingerprint density at radius 3 is 2.03 bits per heavy atom. The van der Waals surface area contributed by atoms with Crippen molar-refractivity contribution in [3.8, 4) is 0 Å². The van der Waals surface area contributed by atoms with E-state index in [2.05, 4.69) is 13.8 Å². The first-order chi connectivity index (χ1) is 18.1. The molecule has 8 nitrogen and oxygen atoms in total. The van der Waals surface area contributed by atoms with Crippen LogP contribution in [-0.2, 0) is 28.5 Å². The zero-order chi connectivity index (χ0) is 28.5. The highest BCUT2D eigenvalue weighted by molar-refractivity contribution is 7.86. The number of benzene rings is 1. The van der Waals surface area contributed by atoms with Crippen LogP contribution in [0.15, 0.2) is 29.2 Å². The lowest BCUT2D eigenvalue weighted by atomic mass is 9.42. The van der Waals surface area contributed by atoms with Crippen molar-refractivity contribution in [1.29, 1.82) is 0 Å². The van der Waals surface area contributed by atoms with E-state index >= 15 is 0 Å². The molecular formula is C30H47NO7S. The Hall–Kier alpha value is -1.68. The summed E-state index contributed by atoms with van der Waals surface area (Å²) in [6, 6.07) is 6.53. The summed E-state index contributed by atoms with van der Waals surface area (Å²) in [6.07, 6.45) is 6.62. The fraction of sp³-hybridized carbons (Fsp3) is 0.767. The number of amides is 1. The first-order valence-corrected chi connectivity index (χ1v) is 15.7. The van der Waals surface area contributed by atoms with Crippen LogP contribution >= 0.6 is 0 Å². The first kappa shape index (κ1) is 30.3. The molecule has 0 heterocycles. The highest BCUT2D eigenvalue weighted by Gasteiger charge is 2.63. The zero-order valence-electron chi connectivity index (χ0n) is 24.6. The maximum absolute atomic E-state index is 13.5. The summed E-state index contributed by atoms with van der Waals surface area (Å²) in [5.74, 6) is 0.660. The van der Waals surface area contributed by atoms with E-state index in [0.29, 0.717) is 32.3 Å². The number of carbonyl (C=O) groups excluding carboxylic acids is 1. The van der Waals surface area contributed by atoms with Gasteiger partial charge in [0.1, 0.15) is 5.60 Å². The molecule has 4 bridgehead atoms. The largest absolute Gasteiger partial charge is 0.444 e. The molecule has 0 spiro atoms. The van der Waals surface area contributed by atoms with Gasteiger partial charge in [0.05, 0.1) is 37.9 Å². The molecule has 4 atom stereocenters. The van der Waals surface area contributed by atoms with Crippen LogP contribution in [0.25, 0.3) is 0 Å². The molecule has 4 saturated carbocycles. The molecule has 0 radical (unpaired) electrons. The molecule has 0 aromatic heterocycles. The SMILES string of the molecule is Cc1ccc(S(=O)(=O)OCCOCCOCCN(C(=O)OC(C)(C)C)[C@]23C[C@@H]4C[C@@](C)(C[C@@](C)(C4)C2)C3)cc1. The van der Waals surface area contributed by atoms with Gasteiger partial charge in [-0.25, -0.2) is 4.79 Å². The van der Waals surface area contributed by atoms with Gasteiger partial charge in [0, 0.05) is 12.1 Å². The Balaban J connectivity index is 1.24. The van der Waals surface area contributed by atoms with Crippen LogP contribution in [0.5, 0.6) is 0 Å². The molecule has 9 heteroatoms. The average Bonchev–Trinajstić information content (AvgIpc) is 2.76. The summed E-state index contributed by atoms with van der Waals surface area (Å²) in [4.78, 5) is 15.6. The van der Waals surface area contributed by atoms with E-state index in [9.17, 15) is 13.2 Å². The lowest BCUT2D eigenvalue weighted by Crippen LogP contribution is -2.67. The van der Waals surface area contributed by atoms with Gasteiger partial charge in [0.15, 0.2) is 0 Å². The van der Waals surface area contributed by atoms with Crippen LogP contribution in [-0.4, -0.2) is 70.1 Å². The molecule has 5 rings (SSSR count). The number of aryl methyl sites for hydroxylation is 1. The van der Waals surface area contributed by atoms with Gasteiger partial charge in [-0.15, -0.1) is 0 Å². The Bertz CT molecular complexity index is 1090. The molecule has 0 aliphatic heterocycles. The van der Waals surface area contributed by atoms with Crippen LogP contribution in [0.2, 0.25) is 0 Å². The second-order valence-electron chi connectivity index (χ2n) is 13.8. The number of hydrogen-bond acceptors (Lipinski definition) is 7. The van der Waals surface area contributed by atoms with Crippen LogP contribution in [0.3, 0.4) is 0 Å². The lowest BCUT2D eigenvalue weighted by Gasteiger charge is -2.67. The third kappa shape index (κ3) is 7.54. The van der Waals surface area contributed by atoms with Crippen LogP contribution in [0, 0.1) is 23.7 Å². The average molecular weight is 566 g/mol. The first-order valence-electron chi connectivity index (χ1n) is 14.3. The number of carbonyl (C=O) groups is 1. The molecule has 39 heavy (non-hydrogen) atoms. The van der Waals surface area contributed by atoms with E-state index < -0.39 is 15.7 Å². The van der Waals surface area contributed by atoms with Gasteiger partial charge in [-0.3, -0.25) is 4.18 Å². The van der Waals surface area contributed by atoms with Crippen molar-refractivity contribution < 1.29 is 31.6 Å². The van der Waals surface area contributed by atoms with Crippen molar-refractivity contribution in [1.82, 2.24) is 4.90 Å². The van der Waals surface area contributed by atoms with Crippen LogP contribution in [0.4, 0.5) is 4.79 Å². The van der Waals surface area contributed by atoms with Crippen molar-refractivity contribution in [2.45, 2.75) is 96.1 Å². The normalized spacial score (nSPS) is 29.9. The molecular weight excluding hydrogens is 518 g/mol. The van der Waals surface area contributed by atoms with Gasteiger partial charge in [-0.1, -0.05) is 31.5 Å². The van der Waals surface area contributed by atoms with E-state index in [-0.39, 0.29) is 40.6 Å². The minimum atomic E-state index is -3.80. The fourth-order valence-corrected chi connectivity index (χ4v) is 8.87. The van der Waals surface area contributed by atoms with Gasteiger partial charge in [0.25, 0.3) is 10.1 Å². The Morgan fingerprint density at radius 1 is 0.897 bits per heavy atom. The maximum atomic E-state index is 13.5. The molecule has 4 aliphatic carbocycles. The minimum absolute atomic E-state index is 0.0656. The van der Waals surface area contributed by atoms with E-state index in [0.717, 1.165) is 24.8 Å². The third-order valence-electron chi connectivity index (χ3n) is 8.39. The number of hydrogen-bond donors (Lipinski definition) is 0. The highest BCUT2D eigenvalue weighted by Crippen LogP contribution is 2.67.